The molecule has 0 aromatic heterocycles. The Morgan fingerprint density at radius 2 is 1.78 bits per heavy atom. The number of aromatic hydroxyl groups is 1. The van der Waals surface area contributed by atoms with Crippen molar-refractivity contribution >= 4 is 38.7 Å². The fourth-order valence-corrected chi connectivity index (χ4v) is 4.35. The summed E-state index contributed by atoms with van der Waals surface area (Å²) in [6, 6.07) is 15.3. The number of nitrogens with zero attached hydrogens (tertiary/aromatic N) is 1. The number of benzene rings is 3. The maximum atomic E-state index is 12.5. The number of halogens is 1. The Balaban J connectivity index is 0.000000318. The van der Waals surface area contributed by atoms with E-state index in [1.165, 1.54) is 36.3 Å². The lowest BCUT2D eigenvalue weighted by Crippen LogP contribution is -2.00. The van der Waals surface area contributed by atoms with Crippen LogP contribution in [0.2, 0.25) is 0 Å². The van der Waals surface area contributed by atoms with Crippen molar-refractivity contribution in [3.8, 4) is 5.75 Å². The molecule has 3 aromatic carbocycles. The molecule has 32 heavy (non-hydrogen) atoms. The topological polar surface area (TPSA) is 92.8 Å². The smallest absolute Gasteiger partial charge is 0.151 e. The van der Waals surface area contributed by atoms with Crippen LogP contribution in [0.1, 0.15) is 25.0 Å². The Labute approximate surface area is 193 Å². The molecule has 0 radical (unpaired) electrons. The van der Waals surface area contributed by atoms with Gasteiger partial charge < -0.3 is 10.8 Å². The highest BCUT2D eigenvalue weighted by atomic mass is 32.2. The standard InChI is InChI=1S/C14H14N2OS.C8H9FO2S.C2H6/c1-9-7-13(18-10(2)16-8-15)14(17)12-6-4-3-5-11(9)12;1-12(10,11)6-7-3-2-4-8(9)5-7;1-2/h3-8,17H,2H2,1H3,(H2,15,16);2-5H,6H2,1H3;1-2H3. The summed E-state index contributed by atoms with van der Waals surface area (Å²) in [5, 5.41) is 12.7. The highest BCUT2D eigenvalue weighted by Gasteiger charge is 2.10. The van der Waals surface area contributed by atoms with Gasteiger partial charge in [-0.3, -0.25) is 0 Å². The van der Waals surface area contributed by atoms with Crippen LogP contribution in [0, 0.1) is 12.7 Å². The van der Waals surface area contributed by atoms with Crippen molar-refractivity contribution in [3.05, 3.63) is 83.1 Å². The number of phenolic OH excluding ortho intramolecular Hbond substituents is 1. The van der Waals surface area contributed by atoms with E-state index in [1.54, 1.807) is 6.07 Å². The summed E-state index contributed by atoms with van der Waals surface area (Å²) in [7, 11) is -3.06. The van der Waals surface area contributed by atoms with E-state index in [4.69, 9.17) is 5.73 Å². The summed E-state index contributed by atoms with van der Waals surface area (Å²) >= 11 is 1.30. The van der Waals surface area contributed by atoms with Crippen LogP contribution >= 0.6 is 11.8 Å². The zero-order chi connectivity index (χ0) is 24.3. The molecule has 3 aromatic rings. The third kappa shape index (κ3) is 8.72. The number of nitrogens with two attached hydrogens (primary N) is 1. The lowest BCUT2D eigenvalue weighted by Gasteiger charge is -2.10. The number of rotatable bonds is 5. The molecule has 0 spiro atoms. The predicted molar refractivity (Wildman–Crippen MR) is 134 cm³/mol. The summed E-state index contributed by atoms with van der Waals surface area (Å²) in [6.07, 6.45) is 2.32. The zero-order valence-electron chi connectivity index (χ0n) is 18.7. The SMILES string of the molecule is C=C(/N=C\N)Sc1cc(C)c2ccccc2c1O.CC.CS(=O)(=O)Cc1cccc(F)c1. The Morgan fingerprint density at radius 1 is 1.16 bits per heavy atom. The molecular formula is C24H29FN2O3S2. The normalized spacial score (nSPS) is 10.8. The average Bonchev–Trinajstić information content (AvgIpc) is 2.73. The van der Waals surface area contributed by atoms with Crippen molar-refractivity contribution in [1.29, 1.82) is 0 Å². The molecule has 0 atom stereocenters. The molecule has 0 aliphatic rings. The largest absolute Gasteiger partial charge is 0.506 e. The summed E-state index contributed by atoms with van der Waals surface area (Å²) in [4.78, 5) is 4.62. The molecule has 0 unspecified atom stereocenters. The van der Waals surface area contributed by atoms with E-state index in [0.717, 1.165) is 27.5 Å². The third-order valence-electron chi connectivity index (χ3n) is 3.95. The fourth-order valence-electron chi connectivity index (χ4n) is 2.75. The van der Waals surface area contributed by atoms with E-state index in [1.807, 2.05) is 51.1 Å². The molecule has 0 amide bonds. The minimum atomic E-state index is -3.06. The van der Waals surface area contributed by atoms with Gasteiger partial charge in [0.1, 0.15) is 11.6 Å². The lowest BCUT2D eigenvalue weighted by molar-refractivity contribution is 0.469. The van der Waals surface area contributed by atoms with Gasteiger partial charge in [-0.25, -0.2) is 17.8 Å². The highest BCUT2D eigenvalue weighted by molar-refractivity contribution is 8.03. The summed E-state index contributed by atoms with van der Waals surface area (Å²) < 4.78 is 34.1. The van der Waals surface area contributed by atoms with E-state index in [-0.39, 0.29) is 11.5 Å². The second kappa shape index (κ2) is 12.9. The highest BCUT2D eigenvalue weighted by Crippen LogP contribution is 2.39. The van der Waals surface area contributed by atoms with Crippen LogP contribution in [0.4, 0.5) is 4.39 Å². The molecule has 0 fully saturated rings. The molecule has 172 valence electrons. The number of phenols is 1. The third-order valence-corrected chi connectivity index (χ3v) is 5.68. The number of aliphatic imine (C=N–C) groups is 1. The monoisotopic (exact) mass is 476 g/mol. The molecule has 0 heterocycles. The number of aryl methyl sites for hydroxylation is 1. The van der Waals surface area contributed by atoms with Gasteiger partial charge in [-0.05, 0) is 41.6 Å². The Morgan fingerprint density at radius 3 is 2.34 bits per heavy atom. The van der Waals surface area contributed by atoms with Gasteiger partial charge in [0.15, 0.2) is 9.84 Å². The van der Waals surface area contributed by atoms with Crippen LogP contribution in [-0.4, -0.2) is 26.1 Å². The van der Waals surface area contributed by atoms with Crippen LogP contribution in [-0.2, 0) is 15.6 Å². The molecule has 0 saturated carbocycles. The maximum Gasteiger partial charge on any atom is 0.151 e. The summed E-state index contributed by atoms with van der Waals surface area (Å²) in [5.41, 5.74) is 6.80. The van der Waals surface area contributed by atoms with Gasteiger partial charge in [-0.2, -0.15) is 0 Å². The van der Waals surface area contributed by atoms with Crippen molar-refractivity contribution < 1.29 is 17.9 Å². The minimum Gasteiger partial charge on any atom is -0.506 e. The van der Waals surface area contributed by atoms with E-state index in [0.29, 0.717) is 10.6 Å². The van der Waals surface area contributed by atoms with E-state index >= 15 is 0 Å². The number of fused-ring (bicyclic) bond motifs is 1. The summed E-state index contributed by atoms with van der Waals surface area (Å²) in [6.45, 7) is 9.78. The van der Waals surface area contributed by atoms with Gasteiger partial charge in [0.05, 0.1) is 22.0 Å². The molecule has 0 saturated heterocycles. The molecular weight excluding hydrogens is 447 g/mol. The molecule has 3 rings (SSSR count). The first-order valence-electron chi connectivity index (χ1n) is 9.85. The van der Waals surface area contributed by atoms with Gasteiger partial charge in [-0.1, -0.05) is 68.6 Å². The van der Waals surface area contributed by atoms with Crippen molar-refractivity contribution in [3.63, 3.8) is 0 Å². The van der Waals surface area contributed by atoms with Crippen LogP contribution in [0.25, 0.3) is 10.8 Å². The molecule has 3 N–H and O–H groups in total. The quantitative estimate of drug-likeness (QED) is 0.276. The second-order valence-electron chi connectivity index (χ2n) is 6.56. The first kappa shape index (κ1) is 27.2. The van der Waals surface area contributed by atoms with Crippen molar-refractivity contribution in [2.45, 2.75) is 31.4 Å². The fraction of sp³-hybridized carbons (Fsp3) is 0.208. The van der Waals surface area contributed by atoms with Gasteiger partial charge in [0, 0.05) is 11.6 Å². The Hall–Kier alpha value is -2.84. The van der Waals surface area contributed by atoms with Crippen LogP contribution in [0.3, 0.4) is 0 Å². The lowest BCUT2D eigenvalue weighted by atomic mass is 10.0. The van der Waals surface area contributed by atoms with Crippen LogP contribution in [0.5, 0.6) is 5.75 Å². The maximum absolute atomic E-state index is 12.5. The number of hydrogen-bond acceptors (Lipinski definition) is 5. The number of sulfone groups is 1. The summed E-state index contributed by atoms with van der Waals surface area (Å²) in [5.74, 6) is -0.254. The molecule has 0 aliphatic heterocycles. The van der Waals surface area contributed by atoms with Gasteiger partial charge >= 0.3 is 0 Å². The molecule has 8 heteroatoms. The average molecular weight is 477 g/mol. The first-order valence-corrected chi connectivity index (χ1v) is 12.7. The van der Waals surface area contributed by atoms with Gasteiger partial charge in [0.2, 0.25) is 0 Å². The molecule has 0 bridgehead atoms. The van der Waals surface area contributed by atoms with Crippen LogP contribution < -0.4 is 5.73 Å². The van der Waals surface area contributed by atoms with E-state index < -0.39 is 15.7 Å². The van der Waals surface area contributed by atoms with Gasteiger partial charge in [0.25, 0.3) is 0 Å². The predicted octanol–water partition coefficient (Wildman–Crippen LogP) is 5.80. The van der Waals surface area contributed by atoms with E-state index in [9.17, 15) is 17.9 Å². The Kier molecular flexibility index (Phi) is 10.9. The molecule has 0 aliphatic carbocycles. The van der Waals surface area contributed by atoms with Crippen molar-refractivity contribution in [2.75, 3.05) is 6.26 Å². The number of thioether (sulfide) groups is 1. The van der Waals surface area contributed by atoms with Crippen LogP contribution in [0.15, 0.2) is 76.1 Å². The van der Waals surface area contributed by atoms with Crippen molar-refractivity contribution in [1.82, 2.24) is 0 Å². The van der Waals surface area contributed by atoms with Crippen molar-refractivity contribution in [2.24, 2.45) is 10.7 Å². The van der Waals surface area contributed by atoms with E-state index in [2.05, 4.69) is 11.6 Å². The van der Waals surface area contributed by atoms with Gasteiger partial charge in [-0.15, -0.1) is 0 Å². The molecule has 5 nitrogen and oxygen atoms in total. The zero-order valence-corrected chi connectivity index (χ0v) is 20.3. The second-order valence-corrected chi connectivity index (χ2v) is 9.82. The minimum absolute atomic E-state index is 0.106. The first-order chi connectivity index (χ1) is 15.1. The Bertz CT molecular complexity index is 1190. The number of hydrogen-bond donors (Lipinski definition) is 2.